The van der Waals surface area contributed by atoms with E-state index < -0.39 is 12.1 Å². The van der Waals surface area contributed by atoms with E-state index in [0.29, 0.717) is 19.3 Å². The number of carboxylic acids is 1. The van der Waals surface area contributed by atoms with Crippen LogP contribution < -0.4 is 0 Å². The van der Waals surface area contributed by atoms with Crippen molar-refractivity contribution in [3.05, 3.63) is 0 Å². The first kappa shape index (κ1) is 11.4. The third-order valence-corrected chi connectivity index (χ3v) is 1.57. The van der Waals surface area contributed by atoms with E-state index in [4.69, 9.17) is 15.3 Å². The molecule has 0 saturated carbocycles. The SMILES string of the molecule is C[C@H](O)CCC[C@@H](O)CC(=O)O. The fraction of sp³-hybridized carbons (Fsp3) is 0.875. The van der Waals surface area contributed by atoms with Gasteiger partial charge in [0.25, 0.3) is 0 Å². The summed E-state index contributed by atoms with van der Waals surface area (Å²) in [5.41, 5.74) is 0. The first-order chi connectivity index (χ1) is 5.52. The van der Waals surface area contributed by atoms with Crippen LogP contribution in [0.25, 0.3) is 0 Å². The molecule has 0 rings (SSSR count). The molecule has 0 aromatic heterocycles. The average Bonchev–Trinajstić information content (AvgIpc) is 1.84. The zero-order valence-electron chi connectivity index (χ0n) is 7.23. The molecule has 4 heteroatoms. The van der Waals surface area contributed by atoms with E-state index >= 15 is 0 Å². The van der Waals surface area contributed by atoms with Crippen molar-refractivity contribution < 1.29 is 20.1 Å². The Morgan fingerprint density at radius 1 is 1.33 bits per heavy atom. The van der Waals surface area contributed by atoms with Gasteiger partial charge in [0.1, 0.15) is 0 Å². The summed E-state index contributed by atoms with van der Waals surface area (Å²) in [4.78, 5) is 10.1. The molecule has 0 spiro atoms. The van der Waals surface area contributed by atoms with Crippen LogP contribution in [0.15, 0.2) is 0 Å². The number of hydrogen-bond acceptors (Lipinski definition) is 3. The Hall–Kier alpha value is -0.610. The molecule has 3 N–H and O–H groups in total. The molecule has 0 aromatic rings. The second kappa shape index (κ2) is 5.97. The molecule has 4 nitrogen and oxygen atoms in total. The number of rotatable bonds is 6. The molecule has 0 aliphatic heterocycles. The molecule has 0 fully saturated rings. The summed E-state index contributed by atoms with van der Waals surface area (Å²) in [7, 11) is 0. The highest BCUT2D eigenvalue weighted by atomic mass is 16.4. The molecule has 2 atom stereocenters. The van der Waals surface area contributed by atoms with Gasteiger partial charge < -0.3 is 15.3 Å². The Bertz CT molecular complexity index is 133. The highest BCUT2D eigenvalue weighted by Crippen LogP contribution is 2.06. The summed E-state index contributed by atoms with van der Waals surface area (Å²) in [6, 6.07) is 0. The van der Waals surface area contributed by atoms with Crippen LogP contribution in [-0.2, 0) is 4.79 Å². The zero-order valence-corrected chi connectivity index (χ0v) is 7.23. The van der Waals surface area contributed by atoms with Crippen LogP contribution in [-0.4, -0.2) is 33.5 Å². The van der Waals surface area contributed by atoms with Crippen molar-refractivity contribution in [1.82, 2.24) is 0 Å². The van der Waals surface area contributed by atoms with Crippen molar-refractivity contribution in [2.75, 3.05) is 0 Å². The van der Waals surface area contributed by atoms with Crippen LogP contribution in [0.2, 0.25) is 0 Å². The van der Waals surface area contributed by atoms with Gasteiger partial charge in [-0.2, -0.15) is 0 Å². The van der Waals surface area contributed by atoms with Crippen LogP contribution in [0, 0.1) is 0 Å². The molecule has 0 aliphatic carbocycles. The van der Waals surface area contributed by atoms with Crippen LogP contribution in [0.4, 0.5) is 0 Å². The van der Waals surface area contributed by atoms with Crippen molar-refractivity contribution in [2.24, 2.45) is 0 Å². The minimum Gasteiger partial charge on any atom is -0.481 e. The molecule has 12 heavy (non-hydrogen) atoms. The van der Waals surface area contributed by atoms with Gasteiger partial charge in [0, 0.05) is 0 Å². The lowest BCUT2D eigenvalue weighted by Gasteiger charge is -2.08. The molecule has 0 amide bonds. The van der Waals surface area contributed by atoms with E-state index in [0.717, 1.165) is 0 Å². The Morgan fingerprint density at radius 2 is 1.92 bits per heavy atom. The maximum Gasteiger partial charge on any atom is 0.305 e. The van der Waals surface area contributed by atoms with Crippen molar-refractivity contribution in [3.8, 4) is 0 Å². The summed E-state index contributed by atoms with van der Waals surface area (Å²) in [6.07, 6.45) is 0.350. The lowest BCUT2D eigenvalue weighted by atomic mass is 10.1. The number of carbonyl (C=O) groups is 1. The topological polar surface area (TPSA) is 77.8 Å². The van der Waals surface area contributed by atoms with Crippen molar-refractivity contribution in [2.45, 2.75) is 44.8 Å². The summed E-state index contributed by atoms with van der Waals surface area (Å²) in [5, 5.41) is 26.2. The van der Waals surface area contributed by atoms with Crippen molar-refractivity contribution in [3.63, 3.8) is 0 Å². The summed E-state index contributed by atoms with van der Waals surface area (Å²) in [6.45, 7) is 1.67. The first-order valence-electron chi connectivity index (χ1n) is 4.10. The number of hydrogen-bond donors (Lipinski definition) is 3. The fourth-order valence-corrected chi connectivity index (χ4v) is 0.953. The number of aliphatic hydroxyl groups excluding tert-OH is 2. The van der Waals surface area contributed by atoms with Crippen molar-refractivity contribution >= 4 is 5.97 Å². The summed E-state index contributed by atoms with van der Waals surface area (Å²) >= 11 is 0. The van der Waals surface area contributed by atoms with Gasteiger partial charge >= 0.3 is 5.97 Å². The van der Waals surface area contributed by atoms with E-state index in [1.807, 2.05) is 0 Å². The quantitative estimate of drug-likeness (QED) is 0.546. The molecule has 72 valence electrons. The van der Waals surface area contributed by atoms with Crippen LogP contribution in [0.5, 0.6) is 0 Å². The Balaban J connectivity index is 3.31. The van der Waals surface area contributed by atoms with E-state index in [-0.39, 0.29) is 12.5 Å². The van der Waals surface area contributed by atoms with Crippen LogP contribution in [0.3, 0.4) is 0 Å². The third-order valence-electron chi connectivity index (χ3n) is 1.57. The van der Waals surface area contributed by atoms with Gasteiger partial charge in [-0.25, -0.2) is 0 Å². The van der Waals surface area contributed by atoms with E-state index in [1.54, 1.807) is 6.92 Å². The molecule has 0 aliphatic rings. The second-order valence-electron chi connectivity index (χ2n) is 3.03. The fourth-order valence-electron chi connectivity index (χ4n) is 0.953. The molecule has 0 aromatic carbocycles. The monoisotopic (exact) mass is 176 g/mol. The number of aliphatic carboxylic acids is 1. The smallest absolute Gasteiger partial charge is 0.305 e. The van der Waals surface area contributed by atoms with E-state index in [2.05, 4.69) is 0 Å². The van der Waals surface area contributed by atoms with Gasteiger partial charge in [0.05, 0.1) is 18.6 Å². The molecule has 0 unspecified atom stereocenters. The largest absolute Gasteiger partial charge is 0.481 e. The maximum absolute atomic E-state index is 10.1. The van der Waals surface area contributed by atoms with Gasteiger partial charge in [0.15, 0.2) is 0 Å². The summed E-state index contributed by atoms with van der Waals surface area (Å²) in [5.74, 6) is -0.987. The van der Waals surface area contributed by atoms with Gasteiger partial charge in [-0.05, 0) is 26.2 Å². The zero-order chi connectivity index (χ0) is 9.56. The molecule has 0 saturated heterocycles. The molecule has 0 bridgehead atoms. The van der Waals surface area contributed by atoms with Crippen molar-refractivity contribution in [1.29, 1.82) is 0 Å². The number of carboxylic acid groups (broad SMARTS) is 1. The highest BCUT2D eigenvalue weighted by Gasteiger charge is 2.09. The maximum atomic E-state index is 10.1. The predicted molar refractivity (Wildman–Crippen MR) is 43.8 cm³/mol. The van der Waals surface area contributed by atoms with E-state index in [9.17, 15) is 4.79 Å². The van der Waals surface area contributed by atoms with Gasteiger partial charge in [-0.3, -0.25) is 4.79 Å². The lowest BCUT2D eigenvalue weighted by molar-refractivity contribution is -0.139. The molecular formula is C8H16O4. The second-order valence-corrected chi connectivity index (χ2v) is 3.03. The molecular weight excluding hydrogens is 160 g/mol. The minimum atomic E-state index is -0.987. The molecule has 0 heterocycles. The van der Waals surface area contributed by atoms with Gasteiger partial charge in [0.2, 0.25) is 0 Å². The molecule has 0 radical (unpaired) electrons. The minimum absolute atomic E-state index is 0.209. The standard InChI is InChI=1S/C8H16O4/c1-6(9)3-2-4-7(10)5-8(11)12/h6-7,9-10H,2-5H2,1H3,(H,11,12)/t6-,7+/m0/s1. The Kier molecular flexibility index (Phi) is 5.66. The van der Waals surface area contributed by atoms with Gasteiger partial charge in [-0.1, -0.05) is 0 Å². The normalized spacial score (nSPS) is 15.6. The van der Waals surface area contributed by atoms with Crippen LogP contribution in [0.1, 0.15) is 32.6 Å². The van der Waals surface area contributed by atoms with Gasteiger partial charge in [-0.15, -0.1) is 0 Å². The Morgan fingerprint density at radius 3 is 2.33 bits per heavy atom. The summed E-state index contributed by atoms with van der Waals surface area (Å²) < 4.78 is 0. The predicted octanol–water partition coefficient (Wildman–Crippen LogP) is 0.373. The first-order valence-corrected chi connectivity index (χ1v) is 4.10. The third kappa shape index (κ3) is 7.50. The van der Waals surface area contributed by atoms with Crippen LogP contribution >= 0.6 is 0 Å². The Labute approximate surface area is 71.8 Å². The lowest BCUT2D eigenvalue weighted by Crippen LogP contribution is -2.13. The number of aliphatic hydroxyl groups is 2. The average molecular weight is 176 g/mol. The highest BCUT2D eigenvalue weighted by molar-refractivity contribution is 5.67. The van der Waals surface area contributed by atoms with E-state index in [1.165, 1.54) is 0 Å².